The standard InChI is InChI=1S/C28H23Cl3N2O3/c1-4-5-20-10-19(11-21(15-32)28(34)33-22-8-6-17(2)24(30)14-22)13-26(35-3)27(20)36-16-18-7-9-23(29)25(31)12-18/h4,6-14H,1,5,16H2,2-3H3,(H,33,34)/b21-11-. The molecule has 0 saturated carbocycles. The lowest BCUT2D eigenvalue weighted by Gasteiger charge is -2.16. The Kier molecular flexibility index (Phi) is 9.44. The molecule has 184 valence electrons. The summed E-state index contributed by atoms with van der Waals surface area (Å²) in [4.78, 5) is 12.7. The number of benzene rings is 3. The molecule has 0 saturated heterocycles. The Morgan fingerprint density at radius 1 is 1.08 bits per heavy atom. The van der Waals surface area contributed by atoms with E-state index in [1.807, 2.05) is 25.1 Å². The molecule has 0 atom stereocenters. The van der Waals surface area contributed by atoms with E-state index in [0.717, 1.165) is 16.7 Å². The minimum absolute atomic E-state index is 0.0808. The number of aryl methyl sites for hydroxylation is 1. The van der Waals surface area contributed by atoms with Gasteiger partial charge < -0.3 is 14.8 Å². The molecule has 3 aromatic rings. The smallest absolute Gasteiger partial charge is 0.266 e. The van der Waals surface area contributed by atoms with Crippen LogP contribution in [-0.2, 0) is 17.8 Å². The summed E-state index contributed by atoms with van der Waals surface area (Å²) in [5, 5.41) is 13.8. The Morgan fingerprint density at radius 3 is 2.50 bits per heavy atom. The molecule has 0 aliphatic rings. The number of hydrogen-bond acceptors (Lipinski definition) is 4. The van der Waals surface area contributed by atoms with Crippen molar-refractivity contribution >= 4 is 52.5 Å². The van der Waals surface area contributed by atoms with Crippen molar-refractivity contribution in [1.29, 1.82) is 5.26 Å². The number of carbonyl (C=O) groups excluding carboxylic acids is 1. The van der Waals surface area contributed by atoms with Crippen LogP contribution in [0.5, 0.6) is 11.5 Å². The van der Waals surface area contributed by atoms with Gasteiger partial charge in [0.25, 0.3) is 5.91 Å². The SMILES string of the molecule is C=CCc1cc(/C=C(/C#N)C(=O)Nc2ccc(C)c(Cl)c2)cc(OC)c1OCc1ccc(Cl)c(Cl)c1. The van der Waals surface area contributed by atoms with Crippen LogP contribution in [0.2, 0.25) is 15.1 Å². The molecule has 0 fully saturated rings. The maximum Gasteiger partial charge on any atom is 0.266 e. The van der Waals surface area contributed by atoms with Crippen LogP contribution >= 0.6 is 34.8 Å². The predicted octanol–water partition coefficient (Wildman–Crippen LogP) is 7.82. The Bertz CT molecular complexity index is 1380. The van der Waals surface area contributed by atoms with Crippen LogP contribution in [0.4, 0.5) is 5.69 Å². The van der Waals surface area contributed by atoms with E-state index < -0.39 is 5.91 Å². The van der Waals surface area contributed by atoms with E-state index in [4.69, 9.17) is 44.3 Å². The summed E-state index contributed by atoms with van der Waals surface area (Å²) in [6, 6.07) is 15.9. The number of hydrogen-bond donors (Lipinski definition) is 1. The first-order valence-corrected chi connectivity index (χ1v) is 12.0. The molecule has 0 bridgehead atoms. The molecule has 5 nitrogen and oxygen atoms in total. The van der Waals surface area contributed by atoms with Gasteiger partial charge in [-0.3, -0.25) is 4.79 Å². The van der Waals surface area contributed by atoms with Crippen LogP contribution in [-0.4, -0.2) is 13.0 Å². The lowest BCUT2D eigenvalue weighted by molar-refractivity contribution is -0.112. The predicted molar refractivity (Wildman–Crippen MR) is 146 cm³/mol. The quantitative estimate of drug-likeness (QED) is 0.170. The highest BCUT2D eigenvalue weighted by Gasteiger charge is 2.15. The van der Waals surface area contributed by atoms with Gasteiger partial charge in [-0.1, -0.05) is 53.0 Å². The van der Waals surface area contributed by atoms with Gasteiger partial charge in [0.15, 0.2) is 11.5 Å². The molecule has 8 heteroatoms. The Labute approximate surface area is 225 Å². The van der Waals surface area contributed by atoms with Crippen LogP contribution in [0.25, 0.3) is 6.08 Å². The molecule has 0 aromatic heterocycles. The van der Waals surface area contributed by atoms with Crippen LogP contribution < -0.4 is 14.8 Å². The fraction of sp³-hybridized carbons (Fsp3) is 0.143. The number of nitrogens with zero attached hydrogens (tertiary/aromatic N) is 1. The minimum atomic E-state index is -0.554. The topological polar surface area (TPSA) is 71.4 Å². The third-order valence-corrected chi connectivity index (χ3v) is 6.36. The minimum Gasteiger partial charge on any atom is -0.493 e. The third kappa shape index (κ3) is 6.83. The molecule has 0 aliphatic carbocycles. The summed E-state index contributed by atoms with van der Waals surface area (Å²) in [5.74, 6) is 0.420. The van der Waals surface area contributed by atoms with E-state index in [1.54, 1.807) is 42.5 Å². The van der Waals surface area contributed by atoms with Gasteiger partial charge in [0, 0.05) is 16.3 Å². The zero-order chi connectivity index (χ0) is 26.2. The second kappa shape index (κ2) is 12.5. The summed E-state index contributed by atoms with van der Waals surface area (Å²) in [5.41, 5.74) is 3.50. The first-order chi connectivity index (χ1) is 17.2. The van der Waals surface area contributed by atoms with Crippen LogP contribution in [0, 0.1) is 18.3 Å². The van der Waals surface area contributed by atoms with Gasteiger partial charge >= 0.3 is 0 Å². The first-order valence-electron chi connectivity index (χ1n) is 10.8. The van der Waals surface area contributed by atoms with Gasteiger partial charge in [-0.15, -0.1) is 6.58 Å². The van der Waals surface area contributed by atoms with Crippen LogP contribution in [0.15, 0.2) is 66.8 Å². The molecule has 0 aliphatic heterocycles. The highest BCUT2D eigenvalue weighted by molar-refractivity contribution is 6.42. The van der Waals surface area contributed by atoms with E-state index in [0.29, 0.717) is 44.2 Å². The Balaban J connectivity index is 1.90. The zero-order valence-electron chi connectivity index (χ0n) is 19.7. The van der Waals surface area contributed by atoms with Gasteiger partial charge in [0.1, 0.15) is 18.2 Å². The highest BCUT2D eigenvalue weighted by atomic mass is 35.5. The number of halogens is 3. The molecular weight excluding hydrogens is 519 g/mol. The van der Waals surface area contributed by atoms with E-state index >= 15 is 0 Å². The molecule has 1 N–H and O–H groups in total. The normalized spacial score (nSPS) is 10.9. The first kappa shape index (κ1) is 27.2. The average Bonchev–Trinajstić information content (AvgIpc) is 2.86. The number of nitriles is 1. The van der Waals surface area contributed by atoms with Gasteiger partial charge in [0.2, 0.25) is 0 Å². The molecule has 1 amide bonds. The Hall–Kier alpha value is -3.43. The summed E-state index contributed by atoms with van der Waals surface area (Å²) >= 11 is 18.2. The number of rotatable bonds is 9. The van der Waals surface area contributed by atoms with Gasteiger partial charge in [0.05, 0.1) is 17.2 Å². The third-order valence-electron chi connectivity index (χ3n) is 5.21. The number of methoxy groups -OCH3 is 1. The summed E-state index contributed by atoms with van der Waals surface area (Å²) in [6.45, 7) is 5.91. The van der Waals surface area contributed by atoms with E-state index in [1.165, 1.54) is 13.2 Å². The molecule has 0 heterocycles. The lowest BCUT2D eigenvalue weighted by Crippen LogP contribution is -2.13. The second-order valence-corrected chi connectivity index (χ2v) is 9.05. The van der Waals surface area contributed by atoms with Crippen molar-refractivity contribution in [1.82, 2.24) is 0 Å². The van der Waals surface area contributed by atoms with E-state index in [2.05, 4.69) is 11.9 Å². The number of anilines is 1. The maximum absolute atomic E-state index is 12.7. The van der Waals surface area contributed by atoms with Gasteiger partial charge in [-0.25, -0.2) is 0 Å². The molecular formula is C28H23Cl3N2O3. The van der Waals surface area contributed by atoms with Gasteiger partial charge in [-0.05, 0) is 72.5 Å². The van der Waals surface area contributed by atoms with Crippen molar-refractivity contribution in [2.45, 2.75) is 20.0 Å². The van der Waals surface area contributed by atoms with Crippen molar-refractivity contribution < 1.29 is 14.3 Å². The number of carbonyl (C=O) groups is 1. The molecule has 0 radical (unpaired) electrons. The van der Waals surface area contributed by atoms with Crippen molar-refractivity contribution in [2.24, 2.45) is 0 Å². The summed E-state index contributed by atoms with van der Waals surface area (Å²) in [7, 11) is 1.52. The van der Waals surface area contributed by atoms with E-state index in [-0.39, 0.29) is 12.2 Å². The monoisotopic (exact) mass is 540 g/mol. The second-order valence-electron chi connectivity index (χ2n) is 7.83. The van der Waals surface area contributed by atoms with Crippen molar-refractivity contribution in [3.63, 3.8) is 0 Å². The number of nitrogens with one attached hydrogen (secondary N) is 1. The number of allylic oxidation sites excluding steroid dienone is 1. The lowest BCUT2D eigenvalue weighted by atomic mass is 10.0. The maximum atomic E-state index is 12.7. The van der Waals surface area contributed by atoms with Crippen molar-refractivity contribution in [2.75, 3.05) is 12.4 Å². The van der Waals surface area contributed by atoms with Crippen molar-refractivity contribution in [3.05, 3.63) is 104 Å². The largest absolute Gasteiger partial charge is 0.493 e. The Morgan fingerprint density at radius 2 is 1.86 bits per heavy atom. The fourth-order valence-electron chi connectivity index (χ4n) is 3.36. The van der Waals surface area contributed by atoms with Gasteiger partial charge in [-0.2, -0.15) is 5.26 Å². The molecule has 0 spiro atoms. The zero-order valence-corrected chi connectivity index (χ0v) is 22.0. The van der Waals surface area contributed by atoms with Crippen LogP contribution in [0.1, 0.15) is 22.3 Å². The average molecular weight is 542 g/mol. The van der Waals surface area contributed by atoms with E-state index in [9.17, 15) is 10.1 Å². The molecule has 3 aromatic carbocycles. The fourth-order valence-corrected chi connectivity index (χ4v) is 3.86. The number of ether oxygens (including phenoxy) is 2. The summed E-state index contributed by atoms with van der Waals surface area (Å²) < 4.78 is 11.6. The summed E-state index contributed by atoms with van der Waals surface area (Å²) in [6.07, 6.45) is 3.70. The molecule has 36 heavy (non-hydrogen) atoms. The molecule has 0 unspecified atom stereocenters. The van der Waals surface area contributed by atoms with Crippen LogP contribution in [0.3, 0.4) is 0 Å². The van der Waals surface area contributed by atoms with Crippen molar-refractivity contribution in [3.8, 4) is 17.6 Å². The number of amides is 1. The molecule has 3 rings (SSSR count). The highest BCUT2D eigenvalue weighted by Crippen LogP contribution is 2.35.